The molecule has 0 amide bonds. The molecule has 33 heavy (non-hydrogen) atoms. The van der Waals surface area contributed by atoms with Gasteiger partial charge in [-0.3, -0.25) is 0 Å². The molecule has 0 spiro atoms. The number of nitrogens with one attached hydrogen (secondary N) is 2. The topological polar surface area (TPSA) is 60.1 Å². The molecule has 5 rings (SSSR count). The van der Waals surface area contributed by atoms with Crippen molar-refractivity contribution in [1.82, 2.24) is 19.9 Å². The number of rotatable bonds is 4. The van der Waals surface area contributed by atoms with E-state index in [0.29, 0.717) is 22.7 Å². The standard InChI is InChI=1S/C24H23F3N6/c1-32-9-11-33(12-10-32)19-6-8-22(28-15-19)29-18-4-2-3-16(13-18)23-30-20-7-5-17(24(25,26)27)14-21(20)31-23/h2-8,13-15H,9-12H2,1H3,(H,28,29)(H,30,31). The molecule has 0 bridgehead atoms. The Balaban J connectivity index is 1.33. The van der Waals surface area contributed by atoms with Gasteiger partial charge in [-0.25, -0.2) is 9.97 Å². The van der Waals surface area contributed by atoms with Crippen molar-refractivity contribution in [3.05, 3.63) is 66.4 Å². The highest BCUT2D eigenvalue weighted by Crippen LogP contribution is 2.32. The molecule has 0 aliphatic carbocycles. The summed E-state index contributed by atoms with van der Waals surface area (Å²) in [6, 6.07) is 15.0. The Morgan fingerprint density at radius 1 is 0.970 bits per heavy atom. The zero-order chi connectivity index (χ0) is 23.0. The number of aromatic amines is 1. The number of benzene rings is 2. The quantitative estimate of drug-likeness (QED) is 0.449. The highest BCUT2D eigenvalue weighted by Gasteiger charge is 2.30. The number of hydrogen-bond acceptors (Lipinski definition) is 5. The minimum atomic E-state index is -4.39. The number of pyridine rings is 1. The molecule has 2 aromatic carbocycles. The summed E-state index contributed by atoms with van der Waals surface area (Å²) in [5.41, 5.74) is 2.80. The Morgan fingerprint density at radius 2 is 1.79 bits per heavy atom. The van der Waals surface area contributed by atoms with Crippen LogP contribution in [0.25, 0.3) is 22.4 Å². The van der Waals surface area contributed by atoms with Crippen molar-refractivity contribution in [3.63, 3.8) is 0 Å². The van der Waals surface area contributed by atoms with Gasteiger partial charge in [0.2, 0.25) is 0 Å². The van der Waals surface area contributed by atoms with Gasteiger partial charge in [-0.15, -0.1) is 0 Å². The number of fused-ring (bicyclic) bond motifs is 1. The maximum atomic E-state index is 13.0. The summed E-state index contributed by atoms with van der Waals surface area (Å²) in [4.78, 5) is 16.6. The zero-order valence-corrected chi connectivity index (χ0v) is 18.0. The number of alkyl halides is 3. The molecule has 2 aromatic heterocycles. The Morgan fingerprint density at radius 3 is 2.52 bits per heavy atom. The third-order valence-corrected chi connectivity index (χ3v) is 5.83. The molecule has 1 saturated heterocycles. The first-order valence-corrected chi connectivity index (χ1v) is 10.7. The fourth-order valence-corrected chi connectivity index (χ4v) is 3.93. The van der Waals surface area contributed by atoms with Crippen LogP contribution in [0.3, 0.4) is 0 Å². The maximum Gasteiger partial charge on any atom is 0.416 e. The van der Waals surface area contributed by atoms with Gasteiger partial charge in [-0.1, -0.05) is 12.1 Å². The smallest absolute Gasteiger partial charge is 0.368 e. The number of hydrogen-bond donors (Lipinski definition) is 2. The Labute approximate surface area is 189 Å². The third-order valence-electron chi connectivity index (χ3n) is 5.83. The van der Waals surface area contributed by atoms with Crippen LogP contribution < -0.4 is 10.2 Å². The van der Waals surface area contributed by atoms with Crippen LogP contribution in [-0.2, 0) is 6.18 Å². The lowest BCUT2D eigenvalue weighted by Gasteiger charge is -2.33. The molecule has 170 valence electrons. The van der Waals surface area contributed by atoms with Crippen molar-refractivity contribution in [2.45, 2.75) is 6.18 Å². The van der Waals surface area contributed by atoms with Crippen molar-refractivity contribution in [3.8, 4) is 11.4 Å². The number of likely N-dealkylation sites (N-methyl/N-ethyl adjacent to an activating group) is 1. The second kappa shape index (κ2) is 8.40. The van der Waals surface area contributed by atoms with Crippen molar-refractivity contribution in [2.75, 3.05) is 43.4 Å². The number of imidazole rings is 1. The average Bonchev–Trinajstić information content (AvgIpc) is 3.24. The highest BCUT2D eigenvalue weighted by molar-refractivity contribution is 5.81. The number of aromatic nitrogens is 3. The van der Waals surface area contributed by atoms with E-state index in [0.717, 1.165) is 55.2 Å². The second-order valence-electron chi connectivity index (χ2n) is 8.21. The van der Waals surface area contributed by atoms with E-state index in [9.17, 15) is 13.2 Å². The van der Waals surface area contributed by atoms with E-state index >= 15 is 0 Å². The van der Waals surface area contributed by atoms with Gasteiger partial charge in [0.15, 0.2) is 0 Å². The summed E-state index contributed by atoms with van der Waals surface area (Å²) in [7, 11) is 2.13. The molecule has 6 nitrogen and oxygen atoms in total. The van der Waals surface area contributed by atoms with Crippen LogP contribution in [-0.4, -0.2) is 53.1 Å². The highest BCUT2D eigenvalue weighted by atomic mass is 19.4. The molecule has 0 saturated carbocycles. The largest absolute Gasteiger partial charge is 0.416 e. The predicted molar refractivity (Wildman–Crippen MR) is 124 cm³/mol. The van der Waals surface area contributed by atoms with Crippen LogP contribution >= 0.6 is 0 Å². The fraction of sp³-hybridized carbons (Fsp3) is 0.250. The average molecular weight is 452 g/mol. The first-order valence-electron chi connectivity index (χ1n) is 10.7. The molecular formula is C24H23F3N6. The summed E-state index contributed by atoms with van der Waals surface area (Å²) in [6.45, 7) is 4.03. The first kappa shape index (κ1) is 21.3. The minimum absolute atomic E-state index is 0.347. The van der Waals surface area contributed by atoms with Gasteiger partial charge in [0.05, 0.1) is 28.5 Å². The maximum absolute atomic E-state index is 13.0. The first-order chi connectivity index (χ1) is 15.8. The molecule has 4 aromatic rings. The van der Waals surface area contributed by atoms with Gasteiger partial charge >= 0.3 is 6.18 Å². The number of anilines is 3. The van der Waals surface area contributed by atoms with E-state index < -0.39 is 11.7 Å². The van der Waals surface area contributed by atoms with E-state index in [1.165, 1.54) is 6.07 Å². The van der Waals surface area contributed by atoms with Gasteiger partial charge in [-0.05, 0) is 49.5 Å². The van der Waals surface area contributed by atoms with E-state index in [4.69, 9.17) is 0 Å². The van der Waals surface area contributed by atoms with Gasteiger partial charge < -0.3 is 20.1 Å². The lowest BCUT2D eigenvalue weighted by molar-refractivity contribution is -0.137. The molecule has 0 unspecified atom stereocenters. The van der Waals surface area contributed by atoms with Gasteiger partial charge in [0.1, 0.15) is 11.6 Å². The predicted octanol–water partition coefficient (Wildman–Crippen LogP) is 5.14. The van der Waals surface area contributed by atoms with Crippen LogP contribution in [0, 0.1) is 0 Å². The van der Waals surface area contributed by atoms with E-state index in [1.54, 1.807) is 0 Å². The van der Waals surface area contributed by atoms with Crippen LogP contribution in [0.5, 0.6) is 0 Å². The lowest BCUT2D eigenvalue weighted by atomic mass is 10.2. The van der Waals surface area contributed by atoms with Crippen LogP contribution in [0.4, 0.5) is 30.4 Å². The van der Waals surface area contributed by atoms with Crippen molar-refractivity contribution in [2.24, 2.45) is 0 Å². The van der Waals surface area contributed by atoms with Crippen molar-refractivity contribution < 1.29 is 13.2 Å². The molecule has 0 atom stereocenters. The molecule has 2 N–H and O–H groups in total. The third kappa shape index (κ3) is 4.63. The molecular weight excluding hydrogens is 429 g/mol. The fourth-order valence-electron chi connectivity index (χ4n) is 3.93. The Kier molecular flexibility index (Phi) is 5.41. The molecule has 1 aliphatic rings. The molecule has 0 radical (unpaired) electrons. The van der Waals surface area contributed by atoms with Crippen LogP contribution in [0.1, 0.15) is 5.56 Å². The van der Waals surface area contributed by atoms with Crippen molar-refractivity contribution in [1.29, 1.82) is 0 Å². The lowest BCUT2D eigenvalue weighted by Crippen LogP contribution is -2.44. The SMILES string of the molecule is CN1CCN(c2ccc(Nc3cccc(-c4nc5ccc(C(F)(F)F)cc5[nH]4)c3)nc2)CC1. The van der Waals surface area contributed by atoms with Crippen molar-refractivity contribution >= 4 is 28.2 Å². The summed E-state index contributed by atoms with van der Waals surface area (Å²) in [5, 5.41) is 3.29. The molecule has 1 aliphatic heterocycles. The Bertz CT molecular complexity index is 1260. The summed E-state index contributed by atoms with van der Waals surface area (Å²) in [6.07, 6.45) is -2.52. The number of H-pyrrole nitrogens is 1. The second-order valence-corrected chi connectivity index (χ2v) is 8.21. The summed E-state index contributed by atoms with van der Waals surface area (Å²) in [5.74, 6) is 1.22. The number of nitrogens with zero attached hydrogens (tertiary/aromatic N) is 4. The minimum Gasteiger partial charge on any atom is -0.368 e. The Hall–Kier alpha value is -3.59. The van der Waals surface area contributed by atoms with Gasteiger partial charge in [0, 0.05) is 37.4 Å². The molecule has 3 heterocycles. The molecule has 9 heteroatoms. The van der Waals surface area contributed by atoms with Gasteiger partial charge in [-0.2, -0.15) is 13.2 Å². The van der Waals surface area contributed by atoms with Crippen LogP contribution in [0.2, 0.25) is 0 Å². The number of halogens is 3. The normalized spacial score (nSPS) is 15.2. The van der Waals surface area contributed by atoms with E-state index in [-0.39, 0.29) is 0 Å². The summed E-state index contributed by atoms with van der Waals surface area (Å²) >= 11 is 0. The van der Waals surface area contributed by atoms with Crippen LogP contribution in [0.15, 0.2) is 60.8 Å². The molecule has 1 fully saturated rings. The van der Waals surface area contributed by atoms with E-state index in [1.807, 2.05) is 36.5 Å². The van der Waals surface area contributed by atoms with Gasteiger partial charge in [0.25, 0.3) is 0 Å². The summed E-state index contributed by atoms with van der Waals surface area (Å²) < 4.78 is 39.0. The van der Waals surface area contributed by atoms with E-state index in [2.05, 4.69) is 43.2 Å². The number of piperazine rings is 1. The zero-order valence-electron chi connectivity index (χ0n) is 18.0. The monoisotopic (exact) mass is 452 g/mol.